The minimum Gasteiger partial charge on any atom is -0.355 e. The van der Waals surface area contributed by atoms with E-state index in [0.29, 0.717) is 17.3 Å². The van der Waals surface area contributed by atoms with Gasteiger partial charge in [-0.15, -0.1) is 0 Å². The number of nitrogens with two attached hydrogens (primary N) is 1. The normalized spacial score (nSPS) is 17.8. The number of ketones is 2. The van der Waals surface area contributed by atoms with Crippen molar-refractivity contribution in [1.29, 1.82) is 0 Å². The molecule has 4 nitrogen and oxygen atoms in total. The molecule has 0 radical (unpaired) electrons. The number of aryl methyl sites for hydroxylation is 2. The van der Waals surface area contributed by atoms with Gasteiger partial charge in [-0.05, 0) is 51.7 Å². The van der Waals surface area contributed by atoms with Gasteiger partial charge in [0.15, 0.2) is 5.78 Å². The molecule has 2 aromatic rings. The van der Waals surface area contributed by atoms with Crippen LogP contribution in [0.1, 0.15) is 76.0 Å². The molecular weight excluding hydrogens is 312 g/mol. The quantitative estimate of drug-likeness (QED) is 0.822. The lowest BCUT2D eigenvalue weighted by molar-refractivity contribution is -0.713. The third-order valence-corrected chi connectivity index (χ3v) is 5.39. The molecule has 0 fully saturated rings. The van der Waals surface area contributed by atoms with Crippen LogP contribution in [0.4, 0.5) is 0 Å². The Morgan fingerprint density at radius 1 is 1.24 bits per heavy atom. The topological polar surface area (TPSA) is 66.5 Å². The van der Waals surface area contributed by atoms with Gasteiger partial charge in [-0.3, -0.25) is 9.59 Å². The molecule has 0 aliphatic heterocycles. The number of benzene rings is 1. The van der Waals surface area contributed by atoms with Gasteiger partial charge in [0.2, 0.25) is 5.78 Å². The molecule has 2 atom stereocenters. The lowest BCUT2D eigenvalue weighted by Gasteiger charge is -2.25. The third kappa shape index (κ3) is 3.31. The Bertz CT molecular complexity index is 819. The van der Waals surface area contributed by atoms with Crippen molar-refractivity contribution < 1.29 is 14.9 Å². The number of aromatic nitrogens is 1. The van der Waals surface area contributed by atoms with Gasteiger partial charge in [0, 0.05) is 23.2 Å². The largest absolute Gasteiger partial charge is 0.355 e. The lowest BCUT2D eigenvalue weighted by Crippen LogP contribution is -2.92. The second-order valence-corrected chi connectivity index (χ2v) is 7.22. The predicted molar refractivity (Wildman–Crippen MR) is 98.1 cm³/mol. The van der Waals surface area contributed by atoms with Crippen LogP contribution in [0.25, 0.3) is 0 Å². The van der Waals surface area contributed by atoms with Crippen molar-refractivity contribution >= 4 is 11.6 Å². The molecular formula is C21H27N2O2+. The molecule has 1 heterocycles. The summed E-state index contributed by atoms with van der Waals surface area (Å²) in [7, 11) is 0. The van der Waals surface area contributed by atoms with Crippen LogP contribution in [0.3, 0.4) is 0 Å². The Hall–Kier alpha value is -2.20. The number of fused-ring (bicyclic) bond motifs is 1. The molecule has 0 saturated heterocycles. The van der Waals surface area contributed by atoms with Gasteiger partial charge in [-0.1, -0.05) is 24.3 Å². The van der Waals surface area contributed by atoms with E-state index >= 15 is 0 Å². The predicted octanol–water partition coefficient (Wildman–Crippen LogP) is 3.05. The number of quaternary nitrogens is 1. The Labute approximate surface area is 149 Å². The number of carbonyl (C=O) groups is 2. The molecule has 0 saturated carbocycles. The number of H-pyrrole nitrogens is 1. The SMILES string of the molecule is CC(=O)c1c(C)[nH]c(C(=O)[C@@H](C)[NH2+][C@H]2CCCc3ccccc32)c1C. The Morgan fingerprint density at radius 2 is 1.96 bits per heavy atom. The van der Waals surface area contributed by atoms with Gasteiger partial charge in [-0.2, -0.15) is 0 Å². The van der Waals surface area contributed by atoms with Crippen molar-refractivity contribution in [3.63, 3.8) is 0 Å². The minimum absolute atomic E-state index is 0.00291. The second kappa shape index (κ2) is 6.96. The smallest absolute Gasteiger partial charge is 0.235 e. The molecule has 0 amide bonds. The van der Waals surface area contributed by atoms with E-state index in [9.17, 15) is 9.59 Å². The monoisotopic (exact) mass is 339 g/mol. The van der Waals surface area contributed by atoms with E-state index in [1.165, 1.54) is 11.1 Å². The van der Waals surface area contributed by atoms with Gasteiger partial charge in [-0.25, -0.2) is 0 Å². The first-order valence-corrected chi connectivity index (χ1v) is 9.07. The summed E-state index contributed by atoms with van der Waals surface area (Å²) in [5, 5.41) is 2.18. The van der Waals surface area contributed by atoms with Gasteiger partial charge < -0.3 is 10.3 Å². The molecule has 25 heavy (non-hydrogen) atoms. The fourth-order valence-electron chi connectivity index (χ4n) is 4.18. The van der Waals surface area contributed by atoms with Crippen molar-refractivity contribution in [1.82, 2.24) is 4.98 Å². The Morgan fingerprint density at radius 3 is 2.64 bits per heavy atom. The zero-order valence-corrected chi connectivity index (χ0v) is 15.5. The number of hydrogen-bond acceptors (Lipinski definition) is 2. The molecule has 0 unspecified atom stereocenters. The summed E-state index contributed by atoms with van der Waals surface area (Å²) in [5.41, 5.74) is 5.55. The van der Waals surface area contributed by atoms with Crippen molar-refractivity contribution in [2.24, 2.45) is 0 Å². The summed E-state index contributed by atoms with van der Waals surface area (Å²) in [5.74, 6) is 0.0688. The first-order valence-electron chi connectivity index (χ1n) is 9.07. The summed E-state index contributed by atoms with van der Waals surface area (Å²) >= 11 is 0. The Balaban J connectivity index is 1.81. The van der Waals surface area contributed by atoms with Crippen LogP contribution in [-0.4, -0.2) is 22.6 Å². The average molecular weight is 339 g/mol. The number of rotatable bonds is 5. The summed E-state index contributed by atoms with van der Waals surface area (Å²) in [6, 6.07) is 8.68. The molecule has 132 valence electrons. The van der Waals surface area contributed by atoms with Gasteiger partial charge in [0.05, 0.1) is 5.69 Å². The first-order chi connectivity index (χ1) is 11.9. The molecule has 1 aliphatic carbocycles. The van der Waals surface area contributed by atoms with Gasteiger partial charge >= 0.3 is 0 Å². The standard InChI is InChI=1S/C21H26N2O2/c1-12-19(15(4)24)13(2)23-20(12)21(25)14(3)22-18-11-7-9-16-8-5-6-10-17(16)18/h5-6,8,10,14,18,22-23H,7,9,11H2,1-4H3/p+1/t14-,18+/m1/s1. The van der Waals surface area contributed by atoms with Crippen molar-refractivity contribution in [3.05, 3.63) is 57.9 Å². The fraction of sp³-hybridized carbons (Fsp3) is 0.429. The molecule has 3 rings (SSSR count). The van der Waals surface area contributed by atoms with Crippen LogP contribution in [0, 0.1) is 13.8 Å². The lowest BCUT2D eigenvalue weighted by atomic mass is 9.87. The van der Waals surface area contributed by atoms with Crippen LogP contribution in [0.5, 0.6) is 0 Å². The number of carbonyl (C=O) groups excluding carboxylic acids is 2. The highest BCUT2D eigenvalue weighted by molar-refractivity contribution is 6.04. The molecule has 3 N–H and O–H groups in total. The molecule has 0 spiro atoms. The maximum Gasteiger partial charge on any atom is 0.235 e. The molecule has 0 bridgehead atoms. The minimum atomic E-state index is -0.187. The van der Waals surface area contributed by atoms with Crippen LogP contribution in [-0.2, 0) is 6.42 Å². The van der Waals surface area contributed by atoms with Crippen LogP contribution in [0.2, 0.25) is 0 Å². The zero-order chi connectivity index (χ0) is 18.1. The first kappa shape index (κ1) is 17.6. The van der Waals surface area contributed by atoms with Gasteiger partial charge in [0.25, 0.3) is 0 Å². The van der Waals surface area contributed by atoms with E-state index in [0.717, 1.165) is 30.5 Å². The fourth-order valence-corrected chi connectivity index (χ4v) is 4.18. The molecule has 1 aliphatic rings. The van der Waals surface area contributed by atoms with Gasteiger partial charge in [0.1, 0.15) is 12.1 Å². The highest BCUT2D eigenvalue weighted by Gasteiger charge is 2.30. The highest BCUT2D eigenvalue weighted by Crippen LogP contribution is 2.27. The maximum absolute atomic E-state index is 13.0. The van der Waals surface area contributed by atoms with Crippen molar-refractivity contribution in [2.75, 3.05) is 0 Å². The van der Waals surface area contributed by atoms with E-state index in [1.807, 2.05) is 20.8 Å². The summed E-state index contributed by atoms with van der Waals surface area (Å²) in [6.07, 6.45) is 3.38. The summed E-state index contributed by atoms with van der Waals surface area (Å²) < 4.78 is 0. The van der Waals surface area contributed by atoms with E-state index in [-0.39, 0.29) is 17.6 Å². The number of Topliss-reactive ketones (excluding diaryl/α,β-unsaturated/α-hetero) is 2. The maximum atomic E-state index is 13.0. The van der Waals surface area contributed by atoms with Crippen molar-refractivity contribution in [3.8, 4) is 0 Å². The van der Waals surface area contributed by atoms with E-state index in [1.54, 1.807) is 6.92 Å². The Kier molecular flexibility index (Phi) is 4.91. The number of hydrogen-bond donors (Lipinski definition) is 2. The second-order valence-electron chi connectivity index (χ2n) is 7.22. The highest BCUT2D eigenvalue weighted by atomic mass is 16.1. The third-order valence-electron chi connectivity index (χ3n) is 5.39. The van der Waals surface area contributed by atoms with E-state index < -0.39 is 0 Å². The average Bonchev–Trinajstić information content (AvgIpc) is 2.89. The van der Waals surface area contributed by atoms with Crippen LogP contribution < -0.4 is 5.32 Å². The number of aromatic amines is 1. The van der Waals surface area contributed by atoms with Crippen molar-refractivity contribution in [2.45, 2.75) is 59.0 Å². The molecule has 1 aromatic carbocycles. The molecule has 1 aromatic heterocycles. The number of nitrogens with one attached hydrogen (secondary N) is 1. The zero-order valence-electron chi connectivity index (χ0n) is 15.5. The summed E-state index contributed by atoms with van der Waals surface area (Å²) in [4.78, 5) is 27.9. The van der Waals surface area contributed by atoms with Crippen LogP contribution >= 0.6 is 0 Å². The molecule has 4 heteroatoms. The van der Waals surface area contributed by atoms with E-state index in [4.69, 9.17) is 0 Å². The van der Waals surface area contributed by atoms with Crippen LogP contribution in [0.15, 0.2) is 24.3 Å². The summed E-state index contributed by atoms with van der Waals surface area (Å²) in [6.45, 7) is 7.22. The van der Waals surface area contributed by atoms with E-state index in [2.05, 4.69) is 34.6 Å².